The molecule has 1 heterocycles. The molecule has 0 amide bonds. The molecule has 4 heteroatoms. The zero-order valence-electron chi connectivity index (χ0n) is 11.6. The van der Waals surface area contributed by atoms with E-state index in [-0.39, 0.29) is 17.3 Å². The lowest BCUT2D eigenvalue weighted by atomic mass is 10.1. The van der Waals surface area contributed by atoms with Crippen molar-refractivity contribution in [1.82, 2.24) is 4.98 Å². The van der Waals surface area contributed by atoms with Crippen molar-refractivity contribution < 1.29 is 15.0 Å². The second-order valence-electron chi connectivity index (χ2n) is 4.83. The first-order valence-electron chi connectivity index (χ1n) is 6.74. The highest BCUT2D eigenvalue weighted by molar-refractivity contribution is 6.07. The van der Waals surface area contributed by atoms with Gasteiger partial charge in [0.05, 0.1) is 11.2 Å². The maximum absolute atomic E-state index is 12.0. The molecule has 0 atom stereocenters. The molecular weight excluding hydrogens is 278 g/mol. The summed E-state index contributed by atoms with van der Waals surface area (Å²) in [6.07, 6.45) is 3.02. The van der Waals surface area contributed by atoms with E-state index in [4.69, 9.17) is 0 Å². The van der Waals surface area contributed by atoms with E-state index in [9.17, 15) is 15.0 Å². The number of phenolic OH excluding ortho intramolecular Hbond substituents is 2. The van der Waals surface area contributed by atoms with Gasteiger partial charge < -0.3 is 10.2 Å². The Kier molecular flexibility index (Phi) is 3.58. The van der Waals surface area contributed by atoms with Crippen molar-refractivity contribution >= 4 is 22.8 Å². The van der Waals surface area contributed by atoms with Gasteiger partial charge in [-0.3, -0.25) is 4.79 Å². The number of hydrogen-bond donors (Lipinski definition) is 2. The van der Waals surface area contributed by atoms with Gasteiger partial charge in [0.15, 0.2) is 17.3 Å². The maximum Gasteiger partial charge on any atom is 0.186 e. The monoisotopic (exact) mass is 291 g/mol. The number of nitrogens with zero attached hydrogens (tertiary/aromatic N) is 1. The van der Waals surface area contributed by atoms with E-state index in [1.807, 2.05) is 36.4 Å². The molecule has 1 aromatic heterocycles. The average Bonchev–Trinajstić information content (AvgIpc) is 2.55. The molecule has 0 aliphatic carbocycles. The molecule has 0 bridgehead atoms. The number of aromatic nitrogens is 1. The van der Waals surface area contributed by atoms with Gasteiger partial charge in [-0.2, -0.15) is 0 Å². The Bertz CT molecular complexity index is 884. The predicted molar refractivity (Wildman–Crippen MR) is 84.9 cm³/mol. The molecular formula is C18H13NO3. The van der Waals surface area contributed by atoms with Gasteiger partial charge in [0.25, 0.3) is 0 Å². The summed E-state index contributed by atoms with van der Waals surface area (Å²) in [4.78, 5) is 16.5. The van der Waals surface area contributed by atoms with Crippen LogP contribution in [0.5, 0.6) is 11.5 Å². The molecule has 0 saturated heterocycles. The highest BCUT2D eigenvalue weighted by Crippen LogP contribution is 2.25. The fraction of sp³-hybridized carbons (Fsp3) is 0. The van der Waals surface area contributed by atoms with Crippen LogP contribution in [0.4, 0.5) is 0 Å². The number of pyridine rings is 1. The Labute approximate surface area is 127 Å². The molecule has 3 aromatic rings. The molecule has 2 N–H and O–H groups in total. The fourth-order valence-electron chi connectivity index (χ4n) is 2.11. The Balaban J connectivity index is 1.85. The van der Waals surface area contributed by atoms with Gasteiger partial charge in [0, 0.05) is 10.9 Å². The topological polar surface area (TPSA) is 70.4 Å². The highest BCUT2D eigenvalue weighted by Gasteiger charge is 2.06. The average molecular weight is 291 g/mol. The number of allylic oxidation sites excluding steroid dienone is 1. The van der Waals surface area contributed by atoms with Crippen LogP contribution >= 0.6 is 0 Å². The van der Waals surface area contributed by atoms with Crippen molar-refractivity contribution in [2.75, 3.05) is 0 Å². The van der Waals surface area contributed by atoms with Crippen LogP contribution < -0.4 is 0 Å². The summed E-state index contributed by atoms with van der Waals surface area (Å²) in [5.41, 5.74) is 1.83. The van der Waals surface area contributed by atoms with Crippen molar-refractivity contribution in [2.24, 2.45) is 0 Å². The predicted octanol–water partition coefficient (Wildman–Crippen LogP) is 3.54. The molecule has 0 fully saturated rings. The fourth-order valence-corrected chi connectivity index (χ4v) is 2.11. The number of para-hydroxylation sites is 1. The third-order valence-electron chi connectivity index (χ3n) is 3.29. The smallest absolute Gasteiger partial charge is 0.186 e. The Morgan fingerprint density at radius 2 is 1.77 bits per heavy atom. The Morgan fingerprint density at radius 1 is 0.955 bits per heavy atom. The van der Waals surface area contributed by atoms with Crippen molar-refractivity contribution in [2.45, 2.75) is 0 Å². The molecule has 0 aliphatic heterocycles. The van der Waals surface area contributed by atoms with E-state index in [0.29, 0.717) is 11.3 Å². The lowest BCUT2D eigenvalue weighted by molar-refractivity contribution is 0.104. The lowest BCUT2D eigenvalue weighted by Gasteiger charge is -2.00. The number of fused-ring (bicyclic) bond motifs is 1. The lowest BCUT2D eigenvalue weighted by Crippen LogP contribution is -1.94. The van der Waals surface area contributed by atoms with Crippen LogP contribution in [0.1, 0.15) is 16.1 Å². The molecule has 2 aromatic carbocycles. The van der Waals surface area contributed by atoms with Crippen molar-refractivity contribution in [1.29, 1.82) is 0 Å². The second kappa shape index (κ2) is 5.69. The SMILES string of the molecule is O=C(/C=C/c1ccc2ccccc2n1)c1ccc(O)c(O)c1. The van der Waals surface area contributed by atoms with Crippen LogP contribution in [-0.2, 0) is 0 Å². The van der Waals surface area contributed by atoms with E-state index >= 15 is 0 Å². The van der Waals surface area contributed by atoms with Gasteiger partial charge in [-0.25, -0.2) is 4.98 Å². The molecule has 0 aliphatic rings. The third-order valence-corrected chi connectivity index (χ3v) is 3.29. The first-order chi connectivity index (χ1) is 10.6. The number of ketones is 1. The van der Waals surface area contributed by atoms with Gasteiger partial charge in [0.2, 0.25) is 0 Å². The number of phenols is 2. The summed E-state index contributed by atoms with van der Waals surface area (Å²) in [6, 6.07) is 15.5. The largest absolute Gasteiger partial charge is 0.504 e. The van der Waals surface area contributed by atoms with Crippen LogP contribution in [0.15, 0.2) is 60.7 Å². The van der Waals surface area contributed by atoms with Crippen LogP contribution in [0.3, 0.4) is 0 Å². The minimum atomic E-state index is -0.317. The minimum Gasteiger partial charge on any atom is -0.504 e. The number of carbonyl (C=O) groups excluding carboxylic acids is 1. The van der Waals surface area contributed by atoms with Gasteiger partial charge in [0.1, 0.15) is 0 Å². The van der Waals surface area contributed by atoms with Crippen molar-refractivity contribution in [3.63, 3.8) is 0 Å². The number of aromatic hydroxyl groups is 2. The van der Waals surface area contributed by atoms with E-state index in [1.54, 1.807) is 6.08 Å². The van der Waals surface area contributed by atoms with Crippen LogP contribution in [-0.4, -0.2) is 21.0 Å². The third kappa shape index (κ3) is 2.81. The van der Waals surface area contributed by atoms with Gasteiger partial charge in [-0.1, -0.05) is 24.3 Å². The van der Waals surface area contributed by atoms with E-state index in [2.05, 4.69) is 4.98 Å². The molecule has 0 saturated carbocycles. The summed E-state index contributed by atoms with van der Waals surface area (Å²) in [5.74, 6) is -0.843. The molecule has 108 valence electrons. The second-order valence-corrected chi connectivity index (χ2v) is 4.83. The van der Waals surface area contributed by atoms with Gasteiger partial charge >= 0.3 is 0 Å². The number of hydrogen-bond acceptors (Lipinski definition) is 4. The molecule has 3 rings (SSSR count). The van der Waals surface area contributed by atoms with Crippen molar-refractivity contribution in [3.05, 3.63) is 71.9 Å². The summed E-state index contributed by atoms with van der Waals surface area (Å²) in [7, 11) is 0. The molecule has 22 heavy (non-hydrogen) atoms. The zero-order valence-corrected chi connectivity index (χ0v) is 11.6. The van der Waals surface area contributed by atoms with Crippen LogP contribution in [0.2, 0.25) is 0 Å². The van der Waals surface area contributed by atoms with E-state index < -0.39 is 0 Å². The van der Waals surface area contributed by atoms with Gasteiger partial charge in [-0.15, -0.1) is 0 Å². The first kappa shape index (κ1) is 13.8. The zero-order chi connectivity index (χ0) is 15.5. The molecule has 0 radical (unpaired) electrons. The maximum atomic E-state index is 12.0. The summed E-state index contributed by atoms with van der Waals surface area (Å²) in [5, 5.41) is 19.7. The summed E-state index contributed by atoms with van der Waals surface area (Å²) < 4.78 is 0. The standard InChI is InChI=1S/C18H13NO3/c20-16(13-6-9-17(21)18(22)11-13)10-8-14-7-5-12-3-1-2-4-15(12)19-14/h1-11,21-22H/b10-8+. The minimum absolute atomic E-state index is 0.253. The normalized spacial score (nSPS) is 11.1. The van der Waals surface area contributed by atoms with Crippen LogP contribution in [0, 0.1) is 0 Å². The van der Waals surface area contributed by atoms with Gasteiger partial charge in [-0.05, 0) is 42.5 Å². The summed E-state index contributed by atoms with van der Waals surface area (Å²) >= 11 is 0. The Morgan fingerprint density at radius 3 is 2.59 bits per heavy atom. The van der Waals surface area contributed by atoms with Crippen LogP contribution in [0.25, 0.3) is 17.0 Å². The quantitative estimate of drug-likeness (QED) is 0.440. The number of benzene rings is 2. The Hall–Kier alpha value is -3.14. The summed E-state index contributed by atoms with van der Waals surface area (Å²) in [6.45, 7) is 0. The number of rotatable bonds is 3. The number of carbonyl (C=O) groups is 1. The van der Waals surface area contributed by atoms with E-state index in [1.165, 1.54) is 24.3 Å². The van der Waals surface area contributed by atoms with E-state index in [0.717, 1.165) is 10.9 Å². The highest BCUT2D eigenvalue weighted by atomic mass is 16.3. The first-order valence-corrected chi connectivity index (χ1v) is 6.74. The van der Waals surface area contributed by atoms with Crippen molar-refractivity contribution in [3.8, 4) is 11.5 Å². The molecule has 0 unspecified atom stereocenters. The molecule has 0 spiro atoms. The molecule has 4 nitrogen and oxygen atoms in total.